The van der Waals surface area contributed by atoms with E-state index in [2.05, 4.69) is 25.2 Å². The molecule has 0 bridgehead atoms. The van der Waals surface area contributed by atoms with Gasteiger partial charge < -0.3 is 10.1 Å². The largest absolute Gasteiger partial charge is 0.383 e. The van der Waals surface area contributed by atoms with Crippen LogP contribution in [0.2, 0.25) is 10.0 Å². The van der Waals surface area contributed by atoms with Gasteiger partial charge in [0.15, 0.2) is 0 Å². The Morgan fingerprint density at radius 2 is 1.95 bits per heavy atom. The van der Waals surface area contributed by atoms with Crippen LogP contribution in [0.5, 0.6) is 0 Å². The summed E-state index contributed by atoms with van der Waals surface area (Å²) in [6.45, 7) is 7.13. The van der Waals surface area contributed by atoms with Crippen LogP contribution in [0.15, 0.2) is 18.2 Å². The van der Waals surface area contributed by atoms with Crippen molar-refractivity contribution in [1.82, 2.24) is 5.32 Å². The molecule has 1 N–H and O–H groups in total. The average molecular weight is 304 g/mol. The monoisotopic (exact) mass is 303 g/mol. The molecule has 0 heterocycles. The summed E-state index contributed by atoms with van der Waals surface area (Å²) in [5.74, 6) is 1.19. The predicted molar refractivity (Wildman–Crippen MR) is 83.2 cm³/mol. The van der Waals surface area contributed by atoms with E-state index in [0.29, 0.717) is 21.9 Å². The molecule has 1 aromatic carbocycles. The van der Waals surface area contributed by atoms with Crippen LogP contribution in [0.25, 0.3) is 0 Å². The van der Waals surface area contributed by atoms with Gasteiger partial charge in [0.2, 0.25) is 0 Å². The molecule has 1 aromatic rings. The number of benzene rings is 1. The third-order valence-electron chi connectivity index (χ3n) is 3.31. The highest BCUT2D eigenvalue weighted by Gasteiger charge is 2.14. The molecule has 2 nitrogen and oxygen atoms in total. The Kier molecular flexibility index (Phi) is 7.77. The number of hydrogen-bond donors (Lipinski definition) is 1. The molecule has 0 aromatic heterocycles. The van der Waals surface area contributed by atoms with Gasteiger partial charge in [-0.15, -0.1) is 0 Å². The second-order valence-corrected chi connectivity index (χ2v) is 5.97. The summed E-state index contributed by atoms with van der Waals surface area (Å²) in [6.07, 6.45) is 1.01. The molecule has 108 valence electrons. The van der Waals surface area contributed by atoms with Gasteiger partial charge >= 0.3 is 0 Å². The molecule has 0 amide bonds. The molecule has 0 saturated heterocycles. The Labute approximate surface area is 126 Å². The second kappa shape index (κ2) is 8.80. The van der Waals surface area contributed by atoms with Gasteiger partial charge in [0, 0.05) is 13.7 Å². The van der Waals surface area contributed by atoms with Crippen molar-refractivity contribution < 1.29 is 4.74 Å². The first kappa shape index (κ1) is 16.8. The fraction of sp³-hybridized carbons (Fsp3) is 0.600. The SMILES string of the molecule is COCCNCC(Cc1ccc(Cl)c(Cl)c1)C(C)C. The van der Waals surface area contributed by atoms with Gasteiger partial charge in [0.25, 0.3) is 0 Å². The van der Waals surface area contributed by atoms with Crippen molar-refractivity contribution in [1.29, 1.82) is 0 Å². The van der Waals surface area contributed by atoms with E-state index in [9.17, 15) is 0 Å². The zero-order valence-corrected chi connectivity index (χ0v) is 13.4. The average Bonchev–Trinajstić information content (AvgIpc) is 2.37. The third-order valence-corrected chi connectivity index (χ3v) is 4.05. The van der Waals surface area contributed by atoms with Gasteiger partial charge in [0.1, 0.15) is 0 Å². The maximum Gasteiger partial charge on any atom is 0.0595 e. The van der Waals surface area contributed by atoms with Crippen LogP contribution >= 0.6 is 23.2 Å². The van der Waals surface area contributed by atoms with Crippen molar-refractivity contribution in [3.05, 3.63) is 33.8 Å². The van der Waals surface area contributed by atoms with Crippen molar-refractivity contribution in [3.63, 3.8) is 0 Å². The summed E-state index contributed by atoms with van der Waals surface area (Å²) in [4.78, 5) is 0. The Morgan fingerprint density at radius 3 is 2.53 bits per heavy atom. The van der Waals surface area contributed by atoms with E-state index in [1.165, 1.54) is 5.56 Å². The number of rotatable bonds is 8. The van der Waals surface area contributed by atoms with Gasteiger partial charge in [-0.1, -0.05) is 43.1 Å². The summed E-state index contributed by atoms with van der Waals surface area (Å²) in [5.41, 5.74) is 1.24. The van der Waals surface area contributed by atoms with Crippen LogP contribution in [-0.2, 0) is 11.2 Å². The summed E-state index contributed by atoms with van der Waals surface area (Å²) in [6, 6.07) is 5.89. The molecule has 0 aliphatic rings. The maximum absolute atomic E-state index is 6.06. The highest BCUT2D eigenvalue weighted by molar-refractivity contribution is 6.42. The Hall–Kier alpha value is -0.280. The molecule has 0 spiro atoms. The molecule has 4 heteroatoms. The van der Waals surface area contributed by atoms with Gasteiger partial charge in [0.05, 0.1) is 16.7 Å². The van der Waals surface area contributed by atoms with E-state index < -0.39 is 0 Å². The highest BCUT2D eigenvalue weighted by Crippen LogP contribution is 2.25. The number of halogens is 2. The minimum atomic E-state index is 0.578. The van der Waals surface area contributed by atoms with E-state index in [0.717, 1.165) is 26.1 Å². The number of ether oxygens (including phenoxy) is 1. The van der Waals surface area contributed by atoms with E-state index in [4.69, 9.17) is 27.9 Å². The van der Waals surface area contributed by atoms with Crippen molar-refractivity contribution in [2.75, 3.05) is 26.8 Å². The molecule has 1 atom stereocenters. The van der Waals surface area contributed by atoms with Crippen molar-refractivity contribution >= 4 is 23.2 Å². The van der Waals surface area contributed by atoms with Gasteiger partial charge in [-0.3, -0.25) is 0 Å². The molecular formula is C15H23Cl2NO. The summed E-state index contributed by atoms with van der Waals surface area (Å²) >= 11 is 12.0. The summed E-state index contributed by atoms with van der Waals surface area (Å²) in [7, 11) is 1.72. The molecule has 0 fully saturated rings. The van der Waals surface area contributed by atoms with Gasteiger partial charge in [-0.2, -0.15) is 0 Å². The van der Waals surface area contributed by atoms with Gasteiger partial charge in [-0.05, 0) is 42.5 Å². The van der Waals surface area contributed by atoms with E-state index in [-0.39, 0.29) is 0 Å². The molecule has 0 saturated carbocycles. The van der Waals surface area contributed by atoms with E-state index >= 15 is 0 Å². The van der Waals surface area contributed by atoms with Crippen LogP contribution in [0.3, 0.4) is 0 Å². The molecule has 0 radical (unpaired) electrons. The first-order valence-corrected chi connectivity index (χ1v) is 7.43. The first-order valence-electron chi connectivity index (χ1n) is 6.68. The second-order valence-electron chi connectivity index (χ2n) is 5.15. The smallest absolute Gasteiger partial charge is 0.0595 e. The lowest BCUT2D eigenvalue weighted by Gasteiger charge is -2.21. The zero-order valence-electron chi connectivity index (χ0n) is 11.9. The number of hydrogen-bond acceptors (Lipinski definition) is 2. The highest BCUT2D eigenvalue weighted by atomic mass is 35.5. The maximum atomic E-state index is 6.06. The number of methoxy groups -OCH3 is 1. The van der Waals surface area contributed by atoms with Crippen LogP contribution in [0.4, 0.5) is 0 Å². The van der Waals surface area contributed by atoms with E-state index in [1.54, 1.807) is 7.11 Å². The van der Waals surface area contributed by atoms with Crippen LogP contribution in [-0.4, -0.2) is 26.8 Å². The van der Waals surface area contributed by atoms with Gasteiger partial charge in [-0.25, -0.2) is 0 Å². The molecule has 0 aliphatic heterocycles. The minimum absolute atomic E-state index is 0.578. The summed E-state index contributed by atoms with van der Waals surface area (Å²) < 4.78 is 5.04. The molecule has 0 aliphatic carbocycles. The normalized spacial score (nSPS) is 12.9. The fourth-order valence-electron chi connectivity index (χ4n) is 1.97. The molecule has 1 unspecified atom stereocenters. The third kappa shape index (κ3) is 6.13. The Balaban J connectivity index is 2.54. The topological polar surface area (TPSA) is 21.3 Å². The van der Waals surface area contributed by atoms with Crippen molar-refractivity contribution in [2.24, 2.45) is 11.8 Å². The quantitative estimate of drug-likeness (QED) is 0.732. The fourth-order valence-corrected chi connectivity index (χ4v) is 2.30. The Morgan fingerprint density at radius 1 is 1.21 bits per heavy atom. The molecule has 19 heavy (non-hydrogen) atoms. The summed E-state index contributed by atoms with van der Waals surface area (Å²) in [5, 5.41) is 4.68. The van der Waals surface area contributed by atoms with Crippen LogP contribution in [0.1, 0.15) is 19.4 Å². The Bertz CT molecular complexity index is 382. The lowest BCUT2D eigenvalue weighted by molar-refractivity contribution is 0.196. The molecule has 1 rings (SSSR count). The molecular weight excluding hydrogens is 281 g/mol. The van der Waals surface area contributed by atoms with E-state index in [1.807, 2.05) is 12.1 Å². The number of nitrogens with one attached hydrogen (secondary N) is 1. The predicted octanol–water partition coefficient (Wildman–Crippen LogP) is 4.04. The van der Waals surface area contributed by atoms with Crippen molar-refractivity contribution in [2.45, 2.75) is 20.3 Å². The van der Waals surface area contributed by atoms with Crippen LogP contribution in [0, 0.1) is 11.8 Å². The lowest BCUT2D eigenvalue weighted by atomic mass is 9.89. The zero-order chi connectivity index (χ0) is 14.3. The first-order chi connectivity index (χ1) is 9.04. The minimum Gasteiger partial charge on any atom is -0.383 e. The van der Waals surface area contributed by atoms with Crippen molar-refractivity contribution in [3.8, 4) is 0 Å². The lowest BCUT2D eigenvalue weighted by Crippen LogP contribution is -2.30. The van der Waals surface area contributed by atoms with Crippen LogP contribution < -0.4 is 5.32 Å². The standard InChI is InChI=1S/C15H23Cl2NO/c1-11(2)13(10-18-6-7-19-3)8-12-4-5-14(16)15(17)9-12/h4-5,9,11,13,18H,6-8,10H2,1-3H3.